The average Bonchev–Trinajstić information content (AvgIpc) is 2.76. The number of halogens is 4. The van der Waals surface area contributed by atoms with Gasteiger partial charge in [0.25, 0.3) is 5.91 Å². The topological polar surface area (TPSA) is 98.9 Å². The van der Waals surface area contributed by atoms with E-state index in [9.17, 15) is 27.2 Å². The van der Waals surface area contributed by atoms with Gasteiger partial charge in [0.05, 0.1) is 5.56 Å². The molecule has 1 atom stereocenters. The van der Waals surface area contributed by atoms with Crippen LogP contribution in [0, 0.1) is 12.7 Å². The van der Waals surface area contributed by atoms with Gasteiger partial charge in [-0.05, 0) is 66.1 Å². The number of carboxylic acid groups (broad SMARTS) is 1. The predicted molar refractivity (Wildman–Crippen MR) is 114 cm³/mol. The number of rotatable bonds is 8. The van der Waals surface area contributed by atoms with E-state index in [0.717, 1.165) is 18.2 Å². The molecule has 3 rings (SSSR count). The van der Waals surface area contributed by atoms with Gasteiger partial charge in [-0.15, -0.1) is 0 Å². The molecule has 3 aromatic rings. The number of hydrogen-bond acceptors (Lipinski definition) is 4. The maximum atomic E-state index is 14.6. The number of carbonyl (C=O) groups is 2. The summed E-state index contributed by atoms with van der Waals surface area (Å²) < 4.78 is 63.8. The van der Waals surface area contributed by atoms with Gasteiger partial charge in [0.1, 0.15) is 17.3 Å². The molecule has 0 aliphatic carbocycles. The number of carboxylic acids is 1. The zero-order valence-corrected chi connectivity index (χ0v) is 17.7. The summed E-state index contributed by atoms with van der Waals surface area (Å²) in [6.07, 6.45) is -6.04. The number of primary amides is 1. The van der Waals surface area contributed by atoms with E-state index < -0.39 is 42.1 Å². The highest BCUT2D eigenvalue weighted by atomic mass is 19.4. The van der Waals surface area contributed by atoms with Gasteiger partial charge in [0.2, 0.25) is 6.10 Å². The van der Waals surface area contributed by atoms with Crippen LogP contribution in [0.4, 0.5) is 17.6 Å². The maximum Gasteiger partial charge on any atom is 0.416 e. The molecule has 1 unspecified atom stereocenters. The zero-order chi connectivity index (χ0) is 25.0. The first-order valence-corrected chi connectivity index (χ1v) is 9.84. The van der Waals surface area contributed by atoms with Crippen LogP contribution in [0.15, 0.2) is 60.7 Å². The zero-order valence-electron chi connectivity index (χ0n) is 17.7. The van der Waals surface area contributed by atoms with Gasteiger partial charge in [-0.1, -0.05) is 18.2 Å². The summed E-state index contributed by atoms with van der Waals surface area (Å²) in [5, 5.41) is 8.72. The molecular formula is C24H19F4NO5. The van der Waals surface area contributed by atoms with Crippen molar-refractivity contribution in [3.63, 3.8) is 0 Å². The van der Waals surface area contributed by atoms with Gasteiger partial charge in [0, 0.05) is 5.56 Å². The number of aliphatic carboxylic acids is 1. The highest BCUT2D eigenvalue weighted by Crippen LogP contribution is 2.33. The molecule has 178 valence electrons. The Bertz CT molecular complexity index is 1210. The monoisotopic (exact) mass is 477 g/mol. The molecule has 1 amide bonds. The van der Waals surface area contributed by atoms with Crippen LogP contribution in [-0.4, -0.2) is 23.6 Å². The third-order valence-electron chi connectivity index (χ3n) is 4.83. The quantitative estimate of drug-likeness (QED) is 0.450. The van der Waals surface area contributed by atoms with Crippen LogP contribution in [-0.2, 0) is 15.8 Å². The number of benzene rings is 3. The van der Waals surface area contributed by atoms with Crippen LogP contribution >= 0.6 is 0 Å². The van der Waals surface area contributed by atoms with Crippen molar-refractivity contribution in [1.29, 1.82) is 0 Å². The van der Waals surface area contributed by atoms with Crippen molar-refractivity contribution >= 4 is 11.9 Å². The molecule has 0 saturated heterocycles. The Morgan fingerprint density at radius 2 is 1.65 bits per heavy atom. The number of aryl methyl sites for hydroxylation is 1. The molecule has 34 heavy (non-hydrogen) atoms. The van der Waals surface area contributed by atoms with Gasteiger partial charge < -0.3 is 20.3 Å². The minimum absolute atomic E-state index is 0.142. The van der Waals surface area contributed by atoms with Crippen molar-refractivity contribution < 1.29 is 41.7 Å². The largest absolute Gasteiger partial charge is 0.482 e. The second-order valence-electron chi connectivity index (χ2n) is 7.32. The van der Waals surface area contributed by atoms with Crippen molar-refractivity contribution in [1.82, 2.24) is 0 Å². The molecule has 0 heterocycles. The van der Waals surface area contributed by atoms with Gasteiger partial charge in [-0.25, -0.2) is 9.18 Å². The smallest absolute Gasteiger partial charge is 0.416 e. The van der Waals surface area contributed by atoms with Crippen molar-refractivity contribution in [2.75, 3.05) is 6.61 Å². The number of alkyl halides is 3. The Kier molecular flexibility index (Phi) is 7.09. The minimum atomic E-state index is -4.50. The summed E-state index contributed by atoms with van der Waals surface area (Å²) in [4.78, 5) is 22.8. The molecule has 0 aliphatic heterocycles. The fourth-order valence-electron chi connectivity index (χ4n) is 3.18. The van der Waals surface area contributed by atoms with Crippen LogP contribution in [0.2, 0.25) is 0 Å². The van der Waals surface area contributed by atoms with Gasteiger partial charge in [-0.2, -0.15) is 13.2 Å². The van der Waals surface area contributed by atoms with E-state index in [1.165, 1.54) is 42.5 Å². The molecule has 3 N–H and O–H groups in total. The van der Waals surface area contributed by atoms with Gasteiger partial charge in [0.15, 0.2) is 6.61 Å². The molecule has 0 spiro atoms. The number of ether oxygens (including phenoxy) is 2. The summed E-state index contributed by atoms with van der Waals surface area (Å²) in [6.45, 7) is 1.07. The SMILES string of the molecule is Cc1cc(OC(C(N)=O)c2cc(-c3ccc(C(F)(F)F)cc3)ccc2F)ccc1OCC(=O)O. The highest BCUT2D eigenvalue weighted by Gasteiger charge is 2.30. The van der Waals surface area contributed by atoms with Crippen LogP contribution < -0.4 is 15.2 Å². The summed E-state index contributed by atoms with van der Waals surface area (Å²) in [5.41, 5.74) is 5.64. The fraction of sp³-hybridized carbons (Fsp3) is 0.167. The predicted octanol–water partition coefficient (Wildman–Crippen LogP) is 4.89. The van der Waals surface area contributed by atoms with Crippen LogP contribution in [0.5, 0.6) is 11.5 Å². The molecule has 6 nitrogen and oxygen atoms in total. The lowest BCUT2D eigenvalue weighted by atomic mass is 9.98. The van der Waals surface area contributed by atoms with Gasteiger partial charge >= 0.3 is 12.1 Å². The second kappa shape index (κ2) is 9.82. The van der Waals surface area contributed by atoms with Crippen molar-refractivity contribution in [2.45, 2.75) is 19.2 Å². The number of amides is 1. The molecule has 0 aliphatic rings. The van der Waals surface area contributed by atoms with Crippen LogP contribution in [0.25, 0.3) is 11.1 Å². The first kappa shape index (κ1) is 24.6. The summed E-state index contributed by atoms with van der Waals surface area (Å²) in [6, 6.07) is 12.3. The first-order chi connectivity index (χ1) is 16.0. The minimum Gasteiger partial charge on any atom is -0.482 e. The molecule has 10 heteroatoms. The lowest BCUT2D eigenvalue weighted by Crippen LogP contribution is -2.27. The number of carbonyl (C=O) groups excluding carboxylic acids is 1. The highest BCUT2D eigenvalue weighted by molar-refractivity contribution is 5.81. The normalized spacial score (nSPS) is 12.1. The molecule has 0 saturated carbocycles. The Morgan fingerprint density at radius 3 is 2.21 bits per heavy atom. The van der Waals surface area contributed by atoms with E-state index in [1.807, 2.05) is 0 Å². The van der Waals surface area contributed by atoms with E-state index in [0.29, 0.717) is 16.7 Å². The average molecular weight is 477 g/mol. The van der Waals surface area contributed by atoms with E-state index >= 15 is 0 Å². The molecule has 0 aromatic heterocycles. The van der Waals surface area contributed by atoms with E-state index in [1.54, 1.807) is 6.92 Å². The summed E-state index contributed by atoms with van der Waals surface area (Å²) in [7, 11) is 0. The Hall–Kier alpha value is -4.08. The first-order valence-electron chi connectivity index (χ1n) is 9.84. The maximum absolute atomic E-state index is 14.6. The molecular weight excluding hydrogens is 458 g/mol. The molecule has 0 fully saturated rings. The van der Waals surface area contributed by atoms with E-state index in [4.69, 9.17) is 20.3 Å². The summed E-state index contributed by atoms with van der Waals surface area (Å²) in [5.74, 6) is -2.52. The summed E-state index contributed by atoms with van der Waals surface area (Å²) >= 11 is 0. The third-order valence-corrected chi connectivity index (χ3v) is 4.83. The van der Waals surface area contributed by atoms with Crippen molar-refractivity contribution in [3.8, 4) is 22.6 Å². The standard InChI is InChI=1S/C24H19F4NO5/c1-13-10-17(7-9-20(13)33-12-21(30)31)34-22(23(29)32)18-11-15(4-8-19(18)25)14-2-5-16(6-3-14)24(26,27)28/h2-11,22H,12H2,1H3,(H2,29,32)(H,30,31). The van der Waals surface area contributed by atoms with E-state index in [-0.39, 0.29) is 17.1 Å². The Balaban J connectivity index is 1.89. The fourth-order valence-corrected chi connectivity index (χ4v) is 3.18. The lowest BCUT2D eigenvalue weighted by molar-refractivity contribution is -0.139. The van der Waals surface area contributed by atoms with Crippen molar-refractivity contribution in [2.24, 2.45) is 5.73 Å². The third kappa shape index (κ3) is 5.83. The molecule has 0 radical (unpaired) electrons. The second-order valence-corrected chi connectivity index (χ2v) is 7.32. The van der Waals surface area contributed by atoms with Crippen LogP contribution in [0.3, 0.4) is 0 Å². The Morgan fingerprint density at radius 1 is 1.00 bits per heavy atom. The number of nitrogens with two attached hydrogens (primary N) is 1. The van der Waals surface area contributed by atoms with Crippen molar-refractivity contribution in [3.05, 3.63) is 83.2 Å². The molecule has 0 bridgehead atoms. The lowest BCUT2D eigenvalue weighted by Gasteiger charge is -2.19. The molecule has 3 aromatic carbocycles. The van der Waals surface area contributed by atoms with Crippen LogP contribution in [0.1, 0.15) is 22.8 Å². The van der Waals surface area contributed by atoms with Gasteiger partial charge in [-0.3, -0.25) is 4.79 Å². The Labute approximate surface area is 191 Å². The van der Waals surface area contributed by atoms with E-state index in [2.05, 4.69) is 0 Å². The number of hydrogen-bond donors (Lipinski definition) is 2.